The van der Waals surface area contributed by atoms with Crippen LogP contribution in [0.5, 0.6) is 0 Å². The van der Waals surface area contributed by atoms with E-state index < -0.39 is 23.0 Å². The third kappa shape index (κ3) is 3.17. The van der Waals surface area contributed by atoms with Gasteiger partial charge in [-0.05, 0) is 49.8 Å². The molecule has 0 fully saturated rings. The van der Waals surface area contributed by atoms with Gasteiger partial charge in [0.2, 0.25) is 0 Å². The molecule has 38 heavy (non-hydrogen) atoms. The van der Waals surface area contributed by atoms with Gasteiger partial charge in [-0.3, -0.25) is 0 Å². The smallest absolute Gasteiger partial charge is 0.339 e. The summed E-state index contributed by atoms with van der Waals surface area (Å²) >= 11 is 0. The van der Waals surface area contributed by atoms with Crippen LogP contribution in [-0.4, -0.2) is 42.4 Å². The first kappa shape index (κ1) is 25.0. The number of hydrogen-bond acceptors (Lipinski definition) is 8. The van der Waals surface area contributed by atoms with E-state index in [4.69, 9.17) is 14.6 Å². The summed E-state index contributed by atoms with van der Waals surface area (Å²) in [6.07, 6.45) is 2.05. The Morgan fingerprint density at radius 1 is 0.868 bits per heavy atom. The fraction of sp³-hybridized carbons (Fsp3) is 0.300. The molecule has 1 unspecified atom stereocenters. The molecule has 2 aromatic rings. The minimum absolute atomic E-state index is 0.111. The third-order valence-electron chi connectivity index (χ3n) is 7.65. The molecule has 8 heteroatoms. The van der Waals surface area contributed by atoms with Crippen LogP contribution >= 0.6 is 0 Å². The van der Waals surface area contributed by atoms with Crippen molar-refractivity contribution in [3.63, 3.8) is 0 Å². The Labute approximate surface area is 221 Å². The molecular weight excluding hydrogens is 480 g/mol. The van der Waals surface area contributed by atoms with Crippen molar-refractivity contribution in [2.45, 2.75) is 44.2 Å². The van der Waals surface area contributed by atoms with Crippen LogP contribution in [0, 0.1) is 36.5 Å². The highest BCUT2D eigenvalue weighted by Gasteiger charge is 2.69. The zero-order valence-corrected chi connectivity index (χ0v) is 21.7. The van der Waals surface area contributed by atoms with Gasteiger partial charge in [0.1, 0.15) is 23.3 Å². The van der Waals surface area contributed by atoms with E-state index in [2.05, 4.69) is 0 Å². The molecule has 3 aliphatic rings. The Hall–Kier alpha value is -4.69. The van der Waals surface area contributed by atoms with Crippen molar-refractivity contribution in [1.82, 2.24) is 5.01 Å². The summed E-state index contributed by atoms with van der Waals surface area (Å²) in [7, 11) is 2.37. The number of ether oxygens (including phenoxy) is 2. The second-order valence-corrected chi connectivity index (χ2v) is 9.68. The molecule has 190 valence electrons. The number of nitriles is 2. The zero-order valence-electron chi connectivity index (χ0n) is 21.7. The summed E-state index contributed by atoms with van der Waals surface area (Å²) in [4.78, 5) is 27.0. The number of nitrogens with zero attached hydrogens (tertiary/aromatic N) is 4. The van der Waals surface area contributed by atoms with Crippen molar-refractivity contribution < 1.29 is 19.1 Å². The van der Waals surface area contributed by atoms with E-state index in [-0.39, 0.29) is 11.1 Å². The highest BCUT2D eigenvalue weighted by molar-refractivity contribution is 6.16. The number of esters is 2. The van der Waals surface area contributed by atoms with Crippen LogP contribution in [0.3, 0.4) is 0 Å². The lowest BCUT2D eigenvalue weighted by molar-refractivity contribution is -0.139. The number of benzene rings is 2. The number of methoxy groups -OCH3 is 2. The summed E-state index contributed by atoms with van der Waals surface area (Å²) in [6.45, 7) is 3.93. The van der Waals surface area contributed by atoms with E-state index in [1.165, 1.54) is 12.1 Å². The van der Waals surface area contributed by atoms with Crippen LogP contribution in [0.4, 0.5) is 0 Å². The first-order valence-electron chi connectivity index (χ1n) is 12.3. The summed E-state index contributed by atoms with van der Waals surface area (Å²) < 4.78 is 10.3. The van der Waals surface area contributed by atoms with E-state index in [0.717, 1.165) is 41.4 Å². The molecule has 2 aromatic carbocycles. The van der Waals surface area contributed by atoms with Crippen molar-refractivity contribution in [3.8, 4) is 12.1 Å². The zero-order chi connectivity index (χ0) is 27.2. The highest BCUT2D eigenvalue weighted by Crippen LogP contribution is 2.60. The second-order valence-electron chi connectivity index (χ2n) is 9.68. The third-order valence-corrected chi connectivity index (χ3v) is 7.65. The predicted octanol–water partition coefficient (Wildman–Crippen LogP) is 4.14. The maximum Gasteiger partial charge on any atom is 0.339 e. The van der Waals surface area contributed by atoms with Crippen LogP contribution in [0.15, 0.2) is 75.9 Å². The lowest BCUT2D eigenvalue weighted by Crippen LogP contribution is -2.55. The largest absolute Gasteiger partial charge is 0.466 e. The van der Waals surface area contributed by atoms with Gasteiger partial charge in [-0.15, -0.1) is 0 Å². The summed E-state index contributed by atoms with van der Waals surface area (Å²) in [5.74, 6) is -1.78. The molecule has 5 rings (SSSR count). The average Bonchev–Trinajstić information content (AvgIpc) is 3.53. The van der Waals surface area contributed by atoms with Crippen molar-refractivity contribution >= 4 is 17.7 Å². The van der Waals surface area contributed by atoms with Gasteiger partial charge in [0.25, 0.3) is 5.54 Å². The van der Waals surface area contributed by atoms with Gasteiger partial charge in [-0.1, -0.05) is 59.7 Å². The van der Waals surface area contributed by atoms with E-state index in [1.807, 2.05) is 74.5 Å². The molecule has 8 nitrogen and oxygen atoms in total. The Kier molecular flexibility index (Phi) is 5.92. The van der Waals surface area contributed by atoms with Crippen LogP contribution in [0.1, 0.15) is 41.5 Å². The molecule has 1 aliphatic carbocycles. The molecule has 0 spiro atoms. The molecule has 0 N–H and O–H groups in total. The van der Waals surface area contributed by atoms with Gasteiger partial charge < -0.3 is 9.47 Å². The number of fused-ring (bicyclic) bond motifs is 2. The number of hydrazone groups is 1. The minimum Gasteiger partial charge on any atom is -0.466 e. The van der Waals surface area contributed by atoms with Crippen LogP contribution in [-0.2, 0) is 24.6 Å². The summed E-state index contributed by atoms with van der Waals surface area (Å²) in [5, 5.41) is 27.5. The van der Waals surface area contributed by atoms with E-state index >= 15 is 0 Å². The molecule has 0 radical (unpaired) electrons. The maximum absolute atomic E-state index is 13.6. The Morgan fingerprint density at radius 2 is 1.42 bits per heavy atom. The predicted molar refractivity (Wildman–Crippen MR) is 138 cm³/mol. The van der Waals surface area contributed by atoms with Gasteiger partial charge >= 0.3 is 11.9 Å². The molecule has 0 saturated heterocycles. The number of carbonyl (C=O) groups is 2. The van der Waals surface area contributed by atoms with E-state index in [0.29, 0.717) is 24.1 Å². The number of allylic oxidation sites excluding steroid dienone is 1. The van der Waals surface area contributed by atoms with Crippen molar-refractivity contribution in [3.05, 3.63) is 93.1 Å². The average molecular weight is 507 g/mol. The molecule has 1 atom stereocenters. The Bertz CT molecular complexity index is 1520. The molecular formula is C30H26N4O4. The lowest BCUT2D eigenvalue weighted by Gasteiger charge is -2.46. The Balaban J connectivity index is 1.97. The van der Waals surface area contributed by atoms with Crippen LogP contribution in [0.2, 0.25) is 0 Å². The van der Waals surface area contributed by atoms with Gasteiger partial charge in [0.15, 0.2) is 0 Å². The summed E-state index contributed by atoms with van der Waals surface area (Å²) in [5.41, 5.74) is 1.62. The first-order chi connectivity index (χ1) is 18.3. The summed E-state index contributed by atoms with van der Waals surface area (Å²) in [6, 6.07) is 19.4. The standard InChI is InChI=1S/C30H26N4O4/c1-18-8-12-20(13-9-18)26-22-6-5-7-23(22)30(21-14-10-19(2)11-15-21)25(28(36)38-4)24(27(35)37-3)29(16-31,17-32)34(30)33-26/h8-15H,5-7H2,1-4H3. The first-order valence-corrected chi connectivity index (χ1v) is 12.3. The minimum atomic E-state index is -2.25. The number of aryl methyl sites for hydroxylation is 2. The highest BCUT2D eigenvalue weighted by atomic mass is 16.5. The number of rotatable bonds is 4. The second kappa shape index (κ2) is 9.00. The normalized spacial score (nSPS) is 21.2. The van der Waals surface area contributed by atoms with Crippen molar-refractivity contribution in [2.24, 2.45) is 5.10 Å². The fourth-order valence-electron chi connectivity index (χ4n) is 5.93. The SMILES string of the molecule is COC(=O)C1=C(C(=O)OC)C2(c3ccc(C)cc3)C3=C(CCC3)C(c3ccc(C)cc3)=NN2C1(C#N)C#N. The molecule has 2 heterocycles. The lowest BCUT2D eigenvalue weighted by atomic mass is 9.73. The van der Waals surface area contributed by atoms with Gasteiger partial charge in [0.05, 0.1) is 25.5 Å². The van der Waals surface area contributed by atoms with E-state index in [1.54, 1.807) is 0 Å². The maximum atomic E-state index is 13.6. The molecule has 0 aromatic heterocycles. The van der Waals surface area contributed by atoms with E-state index in [9.17, 15) is 20.1 Å². The molecule has 0 amide bonds. The molecule has 0 bridgehead atoms. The number of carbonyl (C=O) groups excluding carboxylic acids is 2. The van der Waals surface area contributed by atoms with Crippen molar-refractivity contribution in [2.75, 3.05) is 14.2 Å². The van der Waals surface area contributed by atoms with Crippen LogP contribution in [0.25, 0.3) is 0 Å². The van der Waals surface area contributed by atoms with Crippen molar-refractivity contribution in [1.29, 1.82) is 10.5 Å². The molecule has 2 aliphatic heterocycles. The van der Waals surface area contributed by atoms with Gasteiger partial charge in [0, 0.05) is 5.56 Å². The van der Waals surface area contributed by atoms with Gasteiger partial charge in [-0.2, -0.15) is 15.6 Å². The quantitative estimate of drug-likeness (QED) is 0.572. The van der Waals surface area contributed by atoms with Gasteiger partial charge in [-0.25, -0.2) is 14.6 Å². The molecule has 0 saturated carbocycles. The van der Waals surface area contributed by atoms with Crippen LogP contribution < -0.4 is 0 Å². The number of hydrogen-bond donors (Lipinski definition) is 0. The topological polar surface area (TPSA) is 116 Å². The Morgan fingerprint density at radius 3 is 1.97 bits per heavy atom. The monoisotopic (exact) mass is 506 g/mol. The fourth-order valence-corrected chi connectivity index (χ4v) is 5.93.